The Hall–Kier alpha value is -3.72. The van der Waals surface area contributed by atoms with Gasteiger partial charge in [-0.3, -0.25) is 9.36 Å². The summed E-state index contributed by atoms with van der Waals surface area (Å²) in [7, 11) is 4.87. The van der Waals surface area contributed by atoms with Gasteiger partial charge in [-0.25, -0.2) is 0 Å². The average molecular weight is 359 g/mol. The molecule has 27 heavy (non-hydrogen) atoms. The first-order valence-corrected chi connectivity index (χ1v) is 8.35. The normalized spacial score (nSPS) is 10.9. The molecule has 6 heteroatoms. The molecule has 0 saturated carbocycles. The monoisotopic (exact) mass is 359 g/mol. The largest absolute Gasteiger partial charge is 0.497 e. The van der Waals surface area contributed by atoms with E-state index < -0.39 is 0 Å². The van der Waals surface area contributed by atoms with Crippen molar-refractivity contribution >= 4 is 21.9 Å². The number of nitrogens with zero attached hydrogens (tertiary/aromatic N) is 2. The Labute approximate surface area is 155 Å². The highest BCUT2D eigenvalue weighted by molar-refractivity contribution is 6.07. The maximum Gasteiger partial charge on any atom is 0.259 e. The molecule has 1 N–H and O–H groups in total. The van der Waals surface area contributed by atoms with Gasteiger partial charge in [0.1, 0.15) is 17.1 Å². The molecule has 0 amide bonds. The summed E-state index contributed by atoms with van der Waals surface area (Å²) < 4.78 is 12.3. The highest BCUT2D eigenvalue weighted by Gasteiger charge is 2.16. The van der Waals surface area contributed by atoms with E-state index in [2.05, 4.69) is 11.1 Å². The second kappa shape index (κ2) is 6.22. The van der Waals surface area contributed by atoms with Crippen LogP contribution in [0.4, 0.5) is 0 Å². The van der Waals surface area contributed by atoms with E-state index in [0.29, 0.717) is 33.8 Å². The summed E-state index contributed by atoms with van der Waals surface area (Å²) >= 11 is 0. The number of H-pyrrole nitrogens is 1. The Morgan fingerprint density at radius 2 is 1.81 bits per heavy atom. The molecular formula is C21H17N3O3. The minimum absolute atomic E-state index is 0.141. The second-order valence-electron chi connectivity index (χ2n) is 6.25. The van der Waals surface area contributed by atoms with Crippen LogP contribution in [0.3, 0.4) is 0 Å². The van der Waals surface area contributed by atoms with Gasteiger partial charge < -0.3 is 14.5 Å². The maximum atomic E-state index is 13.0. The van der Waals surface area contributed by atoms with Crippen molar-refractivity contribution in [1.82, 2.24) is 9.55 Å². The number of rotatable bonds is 3. The van der Waals surface area contributed by atoms with Crippen LogP contribution in [0.5, 0.6) is 11.5 Å². The predicted molar refractivity (Wildman–Crippen MR) is 104 cm³/mol. The third-order valence-corrected chi connectivity index (χ3v) is 4.81. The Morgan fingerprint density at radius 3 is 2.52 bits per heavy atom. The number of aryl methyl sites for hydroxylation is 1. The molecule has 0 aliphatic rings. The molecule has 6 nitrogen and oxygen atoms in total. The van der Waals surface area contributed by atoms with Crippen LogP contribution < -0.4 is 15.0 Å². The van der Waals surface area contributed by atoms with E-state index in [-0.39, 0.29) is 5.56 Å². The zero-order valence-corrected chi connectivity index (χ0v) is 15.2. The number of hydrogen-bond donors (Lipinski definition) is 1. The van der Waals surface area contributed by atoms with Crippen LogP contribution in [0, 0.1) is 11.3 Å². The molecule has 0 aliphatic heterocycles. The lowest BCUT2D eigenvalue weighted by atomic mass is 10.0. The van der Waals surface area contributed by atoms with Crippen molar-refractivity contribution in [2.24, 2.45) is 7.05 Å². The van der Waals surface area contributed by atoms with Gasteiger partial charge in [0.05, 0.1) is 31.4 Å². The van der Waals surface area contributed by atoms with Crippen LogP contribution in [0.25, 0.3) is 33.1 Å². The summed E-state index contributed by atoms with van der Waals surface area (Å²) in [5.41, 5.74) is 3.22. The van der Waals surface area contributed by atoms with Crippen LogP contribution in [0.1, 0.15) is 5.56 Å². The average Bonchev–Trinajstić information content (AvgIpc) is 3.08. The van der Waals surface area contributed by atoms with E-state index in [1.54, 1.807) is 44.0 Å². The third-order valence-electron chi connectivity index (χ3n) is 4.81. The third kappa shape index (κ3) is 2.52. The summed E-state index contributed by atoms with van der Waals surface area (Å²) in [6, 6.07) is 14.8. The van der Waals surface area contributed by atoms with E-state index in [4.69, 9.17) is 9.47 Å². The molecule has 134 valence electrons. The van der Waals surface area contributed by atoms with Gasteiger partial charge in [0.25, 0.3) is 5.56 Å². The van der Waals surface area contributed by atoms with Crippen LogP contribution in [0.2, 0.25) is 0 Å². The van der Waals surface area contributed by atoms with Crippen molar-refractivity contribution in [1.29, 1.82) is 5.26 Å². The molecule has 2 aromatic heterocycles. The molecule has 0 aliphatic carbocycles. The first-order valence-electron chi connectivity index (χ1n) is 8.35. The summed E-state index contributed by atoms with van der Waals surface area (Å²) in [6.07, 6.45) is 0. The molecule has 0 spiro atoms. The lowest BCUT2D eigenvalue weighted by Gasteiger charge is -2.11. The standard InChI is InChI=1S/C21H17N3O3/c1-24-20-16(15-8-12(11-22)4-7-18(15)23-20)10-17(21(24)25)14-6-5-13(26-2)9-19(14)27-3/h4-10,23H,1-3H3. The van der Waals surface area contributed by atoms with E-state index >= 15 is 0 Å². The number of pyridine rings is 1. The zero-order chi connectivity index (χ0) is 19.1. The topological polar surface area (TPSA) is 80.0 Å². The summed E-state index contributed by atoms with van der Waals surface area (Å²) in [6.45, 7) is 0. The zero-order valence-electron chi connectivity index (χ0n) is 15.2. The molecule has 0 bridgehead atoms. The van der Waals surface area contributed by atoms with E-state index in [1.165, 1.54) is 0 Å². The van der Waals surface area contributed by atoms with E-state index in [0.717, 1.165) is 16.3 Å². The number of nitriles is 1. The smallest absolute Gasteiger partial charge is 0.259 e. The fourth-order valence-electron chi connectivity index (χ4n) is 3.38. The molecule has 2 aromatic carbocycles. The predicted octanol–water partition coefficient (Wildman–Crippen LogP) is 3.58. The fourth-order valence-corrected chi connectivity index (χ4v) is 3.38. The number of methoxy groups -OCH3 is 2. The number of fused-ring (bicyclic) bond motifs is 3. The van der Waals surface area contributed by atoms with Crippen molar-refractivity contribution in [3.8, 4) is 28.7 Å². The SMILES string of the molecule is COc1ccc(-c2cc3c4cc(C#N)ccc4[nH]c3n(C)c2=O)c(OC)c1. The number of benzene rings is 2. The first kappa shape index (κ1) is 16.7. The summed E-state index contributed by atoms with van der Waals surface area (Å²) in [5.74, 6) is 1.21. The highest BCUT2D eigenvalue weighted by atomic mass is 16.5. The summed E-state index contributed by atoms with van der Waals surface area (Å²) in [4.78, 5) is 16.3. The number of hydrogen-bond acceptors (Lipinski definition) is 4. The number of nitrogens with one attached hydrogen (secondary N) is 1. The molecule has 0 atom stereocenters. The van der Waals surface area contributed by atoms with Gasteiger partial charge in [0.15, 0.2) is 0 Å². The maximum absolute atomic E-state index is 13.0. The Kier molecular flexibility index (Phi) is 3.85. The van der Waals surface area contributed by atoms with Crippen molar-refractivity contribution in [3.05, 3.63) is 58.4 Å². The van der Waals surface area contributed by atoms with Crippen LogP contribution >= 0.6 is 0 Å². The number of ether oxygens (including phenoxy) is 2. The molecule has 0 unspecified atom stereocenters. The van der Waals surface area contributed by atoms with Crippen molar-refractivity contribution in [2.45, 2.75) is 0 Å². The first-order chi connectivity index (χ1) is 13.1. The Morgan fingerprint density at radius 1 is 1.00 bits per heavy atom. The van der Waals surface area contributed by atoms with Gasteiger partial charge in [0, 0.05) is 35.0 Å². The lowest BCUT2D eigenvalue weighted by molar-refractivity contribution is 0.395. The van der Waals surface area contributed by atoms with Gasteiger partial charge in [-0.1, -0.05) is 0 Å². The number of aromatic amines is 1. The quantitative estimate of drug-likeness (QED) is 0.606. The van der Waals surface area contributed by atoms with Crippen LogP contribution in [0.15, 0.2) is 47.3 Å². The molecule has 0 fully saturated rings. The Balaban J connectivity index is 2.08. The number of aromatic nitrogens is 2. The minimum Gasteiger partial charge on any atom is -0.497 e. The fraction of sp³-hybridized carbons (Fsp3) is 0.143. The van der Waals surface area contributed by atoms with Crippen molar-refractivity contribution in [2.75, 3.05) is 14.2 Å². The molecule has 2 heterocycles. The van der Waals surface area contributed by atoms with E-state index in [1.807, 2.05) is 24.3 Å². The van der Waals surface area contributed by atoms with Gasteiger partial charge >= 0.3 is 0 Å². The molecule has 4 aromatic rings. The molecule has 0 saturated heterocycles. The second-order valence-corrected chi connectivity index (χ2v) is 6.25. The molecule has 0 radical (unpaired) electrons. The van der Waals surface area contributed by atoms with Gasteiger partial charge in [-0.05, 0) is 36.4 Å². The van der Waals surface area contributed by atoms with Crippen molar-refractivity contribution < 1.29 is 9.47 Å². The van der Waals surface area contributed by atoms with Gasteiger partial charge in [0.2, 0.25) is 0 Å². The molecule has 4 rings (SSSR count). The van der Waals surface area contributed by atoms with Crippen LogP contribution in [-0.2, 0) is 7.05 Å². The van der Waals surface area contributed by atoms with Gasteiger partial charge in [-0.2, -0.15) is 5.26 Å². The minimum atomic E-state index is -0.141. The summed E-state index contributed by atoms with van der Waals surface area (Å²) in [5, 5.41) is 11.0. The molecular weight excluding hydrogens is 342 g/mol. The highest BCUT2D eigenvalue weighted by Crippen LogP contribution is 2.34. The Bertz CT molecular complexity index is 1290. The van der Waals surface area contributed by atoms with Crippen LogP contribution in [-0.4, -0.2) is 23.8 Å². The van der Waals surface area contributed by atoms with Crippen molar-refractivity contribution in [3.63, 3.8) is 0 Å². The van der Waals surface area contributed by atoms with Gasteiger partial charge in [-0.15, -0.1) is 0 Å². The van der Waals surface area contributed by atoms with E-state index in [9.17, 15) is 10.1 Å². The lowest BCUT2D eigenvalue weighted by Crippen LogP contribution is -2.19.